The monoisotopic (exact) mass is 1910 g/mol. The van der Waals surface area contributed by atoms with Crippen LogP contribution in [0.1, 0.15) is 197 Å². The third kappa shape index (κ3) is 22.2. The van der Waals surface area contributed by atoms with Crippen molar-refractivity contribution in [3.05, 3.63) is 259 Å². The van der Waals surface area contributed by atoms with Crippen LogP contribution in [0, 0.1) is 0 Å². The third-order valence-electron chi connectivity index (χ3n) is 28.0. The van der Waals surface area contributed by atoms with E-state index in [4.69, 9.17) is 32.8 Å². The van der Waals surface area contributed by atoms with Crippen molar-refractivity contribution in [1.29, 1.82) is 0 Å². The Morgan fingerprint density at radius 2 is 0.746 bits per heavy atom. The summed E-state index contributed by atoms with van der Waals surface area (Å²) in [6.45, 7) is 18.2. The van der Waals surface area contributed by atoms with E-state index in [0.29, 0.717) is 117 Å². The van der Waals surface area contributed by atoms with Gasteiger partial charge in [-0.15, -0.1) is 0 Å². The minimum atomic E-state index is -1.32. The van der Waals surface area contributed by atoms with Gasteiger partial charge in [-0.1, -0.05) is 109 Å². The van der Waals surface area contributed by atoms with Gasteiger partial charge in [0.05, 0.1) is 101 Å². The minimum Gasteiger partial charge on any atom is -0.489 e. The van der Waals surface area contributed by atoms with Crippen LogP contribution in [0.5, 0.6) is 23.0 Å². The van der Waals surface area contributed by atoms with Crippen LogP contribution in [-0.4, -0.2) is 245 Å². The number of hydrogen-bond acceptors (Lipinski definition) is 26. The lowest BCUT2D eigenvalue weighted by Crippen LogP contribution is -2.57. The first kappa shape index (κ1) is 96.0. The molecule has 0 bridgehead atoms. The zero-order valence-corrected chi connectivity index (χ0v) is 79.1. The maximum Gasteiger partial charge on any atom is 0.266 e. The highest BCUT2D eigenvalue weighted by molar-refractivity contribution is 7.99. The highest BCUT2D eigenvalue weighted by Crippen LogP contribution is 2.43. The summed E-state index contributed by atoms with van der Waals surface area (Å²) in [4.78, 5) is 177. The third-order valence-corrected chi connectivity index (χ3v) is 30.2. The molecule has 8 aromatic carbocycles. The molecular weight excluding hydrogens is 1800 g/mol. The molecule has 0 N–H and O–H groups in total. The smallest absolute Gasteiger partial charge is 0.266 e. The molecule has 138 heavy (non-hydrogen) atoms. The zero-order chi connectivity index (χ0) is 95.7. The van der Waals surface area contributed by atoms with Crippen LogP contribution in [0.4, 0.5) is 0 Å². The molecule has 9 heterocycles. The maximum atomic E-state index is 13.4. The average molecular weight is 1910 g/mol. The van der Waals surface area contributed by atoms with Crippen molar-refractivity contribution in [2.45, 2.75) is 180 Å². The predicted octanol–water partition coefficient (Wildman–Crippen LogP) is 12.2. The van der Waals surface area contributed by atoms with Crippen molar-refractivity contribution >= 4 is 109 Å². The topological polar surface area (TPSA) is 333 Å². The molecule has 5 amide bonds. The quantitative estimate of drug-likeness (QED) is 0.0400. The molecule has 9 aromatic rings. The summed E-state index contributed by atoms with van der Waals surface area (Å²) in [6.07, 6.45) is 2.04. The number of furan rings is 1. The van der Waals surface area contributed by atoms with Crippen LogP contribution in [0.3, 0.4) is 0 Å². The number of Topliss-reactive ketones (excluding diaryl/α,β-unsaturated/α-hetero) is 8. The summed E-state index contributed by atoms with van der Waals surface area (Å²) in [5.41, 5.74) is 12.0. The van der Waals surface area contributed by atoms with Gasteiger partial charge in [-0.3, -0.25) is 91.0 Å². The largest absolute Gasteiger partial charge is 0.489 e. The standard InChI is InChI=1S/C28H28N2O6.C27H28N2O6.C26H28N2O5S.C26H28N2O4S/c31-20-6-7-24(25(32)14-20)30-16-23-22(28(30)33)2-1-3-26(23)35-17-21-13-19-5-4-18(12-27(19)36-21)15-29-8-10-34-11-9-29;1-27(10-9-20(30)15-23(27)31)29-25(32)21-3-2-4-22(24(21)26(29)33)35-17-19-7-5-18(6-8-19)16-28-11-13-34-14-12-28;29-20-8-9-23(24(30)14-20)28-16-22-21(26(28)31)2-1-3-25(22)33-17-19-6-4-18(5-7-19)15-27-10-12-34(32)13-11-27;29-20-8-9-23(24(30)14-20)28-16-22-21(26(28)31)2-1-3-25(22)32-17-19-6-4-18(5-7-19)15-27-10-12-33-13-11-27/h1-5,12-13,24H,6-11,14-17H2;2-8H,9-17H2,1H3;1-7,23H,8-17H2;1-7,23H,8-17H2/t;27-;;/m.0../s1. The molecule has 0 radical (unpaired) electrons. The molecule has 21 rings (SSSR count). The first-order valence-electron chi connectivity index (χ1n) is 47.7. The zero-order valence-electron chi connectivity index (χ0n) is 77.4. The molecular formula is C107H112N8O21S2. The summed E-state index contributed by atoms with van der Waals surface area (Å²) in [6, 6.07) is 52.8. The number of ether oxygens (including phenoxy) is 6. The Labute approximate surface area is 806 Å². The Morgan fingerprint density at radius 1 is 0.377 bits per heavy atom. The van der Waals surface area contributed by atoms with E-state index < -0.39 is 52.1 Å². The maximum absolute atomic E-state index is 13.4. The lowest BCUT2D eigenvalue weighted by atomic mass is 9.80. The number of amides is 5. The number of thioether (sulfide) groups is 1. The van der Waals surface area contributed by atoms with Gasteiger partial charge in [0.2, 0.25) is 0 Å². The van der Waals surface area contributed by atoms with Gasteiger partial charge in [0.15, 0.2) is 23.1 Å². The molecule has 31 heteroatoms. The van der Waals surface area contributed by atoms with Gasteiger partial charge in [0, 0.05) is 177 Å². The van der Waals surface area contributed by atoms with E-state index in [1.165, 1.54) is 33.8 Å². The van der Waals surface area contributed by atoms with Crippen LogP contribution >= 0.6 is 11.8 Å². The number of morpholine rings is 2. The fourth-order valence-corrected chi connectivity index (χ4v) is 22.2. The van der Waals surface area contributed by atoms with Gasteiger partial charge in [-0.25, -0.2) is 0 Å². The lowest BCUT2D eigenvalue weighted by Gasteiger charge is -2.38. The summed E-state index contributed by atoms with van der Waals surface area (Å²) < 4.78 is 52.8. The highest BCUT2D eigenvalue weighted by atomic mass is 32.2. The van der Waals surface area contributed by atoms with Gasteiger partial charge in [0.1, 0.15) is 89.4 Å². The summed E-state index contributed by atoms with van der Waals surface area (Å²) >= 11 is 2.02. The normalized spacial score (nSPS) is 21.7. The number of rotatable bonds is 24. The van der Waals surface area contributed by atoms with Gasteiger partial charge < -0.3 is 47.5 Å². The van der Waals surface area contributed by atoms with Gasteiger partial charge in [0.25, 0.3) is 29.5 Å². The Hall–Kier alpha value is -12.3. The number of imide groups is 1. The van der Waals surface area contributed by atoms with Crippen molar-refractivity contribution < 1.29 is 99.4 Å². The SMILES string of the molecule is C[C@]1(N2C(=O)c3cccc(OCc4ccc(CN5CCOCC5)cc4)c3C2=O)CCC(=O)CC1=O.O=C1CCC(N2Cc3c(OCc4cc5ccc(CN6CCOCC6)cc5o4)cccc3C2=O)C(=O)C1.O=C1CCC(N2Cc3c(OCc4ccc(CN5CCS(=O)CC5)cc4)cccc3C2=O)C(=O)C1.O=C1CCC(N2Cc3c(OCc4ccc(CN5CCSCC5)cc4)cccc3C2=O)C(=O)C1. The van der Waals surface area contributed by atoms with Crippen molar-refractivity contribution in [3.8, 4) is 23.0 Å². The highest BCUT2D eigenvalue weighted by Gasteiger charge is 2.54. The number of nitrogens with zero attached hydrogens (tertiary/aromatic N) is 8. The number of ketones is 8. The molecule has 0 spiro atoms. The van der Waals surface area contributed by atoms with Crippen LogP contribution in [0.15, 0.2) is 174 Å². The fraction of sp³-hybridized carbons (Fsp3) is 0.411. The van der Waals surface area contributed by atoms with Crippen LogP contribution < -0.4 is 18.9 Å². The van der Waals surface area contributed by atoms with E-state index >= 15 is 0 Å². The number of benzene rings is 8. The molecule has 29 nitrogen and oxygen atoms in total. The fourth-order valence-electron chi connectivity index (χ4n) is 20.0. The van der Waals surface area contributed by atoms with Crippen LogP contribution in [0.25, 0.3) is 11.0 Å². The van der Waals surface area contributed by atoms with E-state index in [1.807, 2.05) is 54.2 Å². The molecule has 8 fully saturated rings. The summed E-state index contributed by atoms with van der Waals surface area (Å²) in [5, 5.41) is 1.02. The van der Waals surface area contributed by atoms with Gasteiger partial charge in [-0.2, -0.15) is 11.8 Å². The second-order valence-electron chi connectivity index (χ2n) is 37.4. The second-order valence-corrected chi connectivity index (χ2v) is 40.3. The molecule has 8 aliphatic heterocycles. The predicted molar refractivity (Wildman–Crippen MR) is 512 cm³/mol. The summed E-state index contributed by atoms with van der Waals surface area (Å²) in [5.74, 6) is 4.10. The van der Waals surface area contributed by atoms with E-state index in [-0.39, 0.29) is 121 Å². The molecule has 3 unspecified atom stereocenters. The van der Waals surface area contributed by atoms with Crippen molar-refractivity contribution in [2.75, 3.05) is 102 Å². The Kier molecular flexibility index (Phi) is 30.2. The Bertz CT molecular complexity index is 6210. The number of carbonyl (C=O) groups excluding carboxylic acids is 13. The van der Waals surface area contributed by atoms with Gasteiger partial charge >= 0.3 is 0 Å². The van der Waals surface area contributed by atoms with Crippen molar-refractivity contribution in [1.82, 2.24) is 39.2 Å². The molecule has 4 saturated carbocycles. The average Bonchev–Trinajstić information content (AvgIpc) is 1.57. The number of fused-ring (bicyclic) bond motifs is 5. The molecule has 1 aromatic heterocycles. The molecule has 4 atom stereocenters. The van der Waals surface area contributed by atoms with E-state index in [1.54, 1.807) is 70.2 Å². The summed E-state index contributed by atoms with van der Waals surface area (Å²) in [7, 11) is -0.666. The number of hydrogen-bond donors (Lipinski definition) is 0. The first-order chi connectivity index (χ1) is 67.0. The van der Waals surface area contributed by atoms with E-state index in [9.17, 15) is 66.5 Å². The molecule has 4 saturated heterocycles. The second kappa shape index (κ2) is 43.4. The Balaban J connectivity index is 0.000000122. The number of carbonyl (C=O) groups is 13. The van der Waals surface area contributed by atoms with E-state index in [0.717, 1.165) is 166 Å². The van der Waals surface area contributed by atoms with Crippen molar-refractivity contribution in [3.63, 3.8) is 0 Å². The van der Waals surface area contributed by atoms with Gasteiger partial charge in [-0.05, 0) is 132 Å². The molecule has 718 valence electrons. The Morgan fingerprint density at radius 3 is 1.17 bits per heavy atom. The first-order valence-corrected chi connectivity index (χ1v) is 50.3. The molecule has 4 aliphatic carbocycles. The minimum absolute atomic E-state index is 0.0367. The van der Waals surface area contributed by atoms with Crippen LogP contribution in [-0.2, 0) is 131 Å². The molecule has 12 aliphatic rings. The van der Waals surface area contributed by atoms with E-state index in [2.05, 4.69) is 98.5 Å². The van der Waals surface area contributed by atoms with Crippen LogP contribution in [0.2, 0.25) is 0 Å². The van der Waals surface area contributed by atoms with Crippen molar-refractivity contribution in [2.24, 2.45) is 0 Å². The lowest BCUT2D eigenvalue weighted by molar-refractivity contribution is -0.137.